The van der Waals surface area contributed by atoms with Crippen LogP contribution in [0.25, 0.3) is 0 Å². The number of ether oxygens (including phenoxy) is 6. The molecule has 2 atom stereocenters. The number of rotatable bonds is 6. The van der Waals surface area contributed by atoms with E-state index in [-0.39, 0.29) is 5.97 Å². The second kappa shape index (κ2) is 8.29. The molecule has 0 aliphatic carbocycles. The zero-order valence-electron chi connectivity index (χ0n) is 16.6. The van der Waals surface area contributed by atoms with Crippen molar-refractivity contribution in [2.45, 2.75) is 25.6 Å². The first kappa shape index (κ1) is 19.7. The molecule has 1 heterocycles. The largest absolute Gasteiger partial charge is 0.493 e. The highest BCUT2D eigenvalue weighted by Gasteiger charge is 2.36. The average molecular weight is 388 g/mol. The van der Waals surface area contributed by atoms with Crippen LogP contribution >= 0.6 is 0 Å². The maximum Gasteiger partial charge on any atom is 0.303 e. The molecule has 0 radical (unpaired) electrons. The van der Waals surface area contributed by atoms with Crippen molar-refractivity contribution < 1.29 is 33.2 Å². The van der Waals surface area contributed by atoms with Crippen molar-refractivity contribution in [1.29, 1.82) is 0 Å². The third kappa shape index (κ3) is 3.65. The van der Waals surface area contributed by atoms with Crippen molar-refractivity contribution in [3.63, 3.8) is 0 Å². The second-order valence-corrected chi connectivity index (χ2v) is 6.29. The Balaban J connectivity index is 2.07. The smallest absolute Gasteiger partial charge is 0.303 e. The summed E-state index contributed by atoms with van der Waals surface area (Å²) in [6, 6.07) is 9.17. The molecule has 7 heteroatoms. The lowest BCUT2D eigenvalue weighted by Gasteiger charge is -2.34. The van der Waals surface area contributed by atoms with Gasteiger partial charge in [-0.15, -0.1) is 0 Å². The van der Waals surface area contributed by atoms with Crippen molar-refractivity contribution in [1.82, 2.24) is 0 Å². The molecule has 0 aromatic heterocycles. The number of benzene rings is 2. The number of methoxy groups -OCH3 is 4. The highest BCUT2D eigenvalue weighted by molar-refractivity contribution is 5.66. The van der Waals surface area contributed by atoms with Crippen molar-refractivity contribution in [2.24, 2.45) is 0 Å². The van der Waals surface area contributed by atoms with Gasteiger partial charge in [0.2, 0.25) is 5.75 Å². The van der Waals surface area contributed by atoms with Crippen molar-refractivity contribution >= 4 is 5.97 Å². The summed E-state index contributed by atoms with van der Waals surface area (Å²) >= 11 is 0. The molecule has 3 rings (SSSR count). The normalized spacial score (nSPS) is 17.8. The van der Waals surface area contributed by atoms with Crippen molar-refractivity contribution in [3.8, 4) is 28.7 Å². The van der Waals surface area contributed by atoms with Gasteiger partial charge in [0.05, 0.1) is 28.4 Å². The molecule has 0 amide bonds. The van der Waals surface area contributed by atoms with Crippen LogP contribution < -0.4 is 23.7 Å². The van der Waals surface area contributed by atoms with Gasteiger partial charge in [-0.2, -0.15) is 0 Å². The van der Waals surface area contributed by atoms with Crippen LogP contribution in [0.1, 0.15) is 24.2 Å². The molecule has 0 bridgehead atoms. The Labute approximate surface area is 164 Å². The van der Waals surface area contributed by atoms with Crippen LogP contribution in [-0.4, -0.2) is 40.5 Å². The predicted molar refractivity (Wildman–Crippen MR) is 102 cm³/mol. The van der Waals surface area contributed by atoms with Gasteiger partial charge in [0, 0.05) is 24.5 Å². The Morgan fingerprint density at radius 3 is 2.21 bits per heavy atom. The van der Waals surface area contributed by atoms with E-state index in [0.29, 0.717) is 35.2 Å². The molecule has 0 unspecified atom stereocenters. The molecule has 28 heavy (non-hydrogen) atoms. The van der Waals surface area contributed by atoms with Gasteiger partial charge in [0.15, 0.2) is 29.1 Å². The Morgan fingerprint density at radius 2 is 1.61 bits per heavy atom. The third-order valence-electron chi connectivity index (χ3n) is 4.64. The minimum atomic E-state index is -0.544. The van der Waals surface area contributed by atoms with Gasteiger partial charge < -0.3 is 28.4 Å². The predicted octanol–water partition coefficient (Wildman–Crippen LogP) is 3.33. The van der Waals surface area contributed by atoms with Crippen LogP contribution in [0.5, 0.6) is 28.7 Å². The van der Waals surface area contributed by atoms with Crippen molar-refractivity contribution in [2.75, 3.05) is 28.4 Å². The van der Waals surface area contributed by atoms with E-state index in [9.17, 15) is 4.79 Å². The first-order chi connectivity index (χ1) is 13.5. The molecule has 1 aliphatic heterocycles. The number of carbonyl (C=O) groups excluding carboxylic acids is 1. The summed E-state index contributed by atoms with van der Waals surface area (Å²) in [5, 5.41) is 0. The van der Waals surface area contributed by atoms with Gasteiger partial charge in [-0.3, -0.25) is 4.79 Å². The van der Waals surface area contributed by atoms with E-state index >= 15 is 0 Å². The van der Waals surface area contributed by atoms with Crippen LogP contribution in [0.3, 0.4) is 0 Å². The molecule has 0 saturated heterocycles. The molecule has 0 fully saturated rings. The van der Waals surface area contributed by atoms with E-state index in [1.165, 1.54) is 6.92 Å². The lowest BCUT2D eigenvalue weighted by Crippen LogP contribution is -2.34. The number of fused-ring (bicyclic) bond motifs is 1. The third-order valence-corrected chi connectivity index (χ3v) is 4.64. The van der Waals surface area contributed by atoms with Gasteiger partial charge in [0.1, 0.15) is 6.10 Å². The maximum atomic E-state index is 11.7. The van der Waals surface area contributed by atoms with Gasteiger partial charge in [-0.25, -0.2) is 0 Å². The molecule has 0 spiro atoms. The summed E-state index contributed by atoms with van der Waals surface area (Å²) in [6.45, 7) is 1.38. The van der Waals surface area contributed by atoms with E-state index < -0.39 is 12.2 Å². The van der Waals surface area contributed by atoms with E-state index in [4.69, 9.17) is 28.4 Å². The maximum absolute atomic E-state index is 11.7. The van der Waals surface area contributed by atoms with Crippen molar-refractivity contribution in [3.05, 3.63) is 41.5 Å². The first-order valence-electron chi connectivity index (χ1n) is 8.82. The number of carbonyl (C=O) groups is 1. The number of esters is 1. The SMILES string of the molecule is COc1ccc([C@H]2Oc3c(ccc(OC)c3OC)C[C@@H]2OC(C)=O)cc1OC. The number of hydrogen-bond donors (Lipinski definition) is 0. The van der Waals surface area contributed by atoms with Gasteiger partial charge >= 0.3 is 5.97 Å². The summed E-state index contributed by atoms with van der Waals surface area (Å²) < 4.78 is 33.5. The first-order valence-corrected chi connectivity index (χ1v) is 8.82. The highest BCUT2D eigenvalue weighted by atomic mass is 16.6. The van der Waals surface area contributed by atoms with Crippen LogP contribution in [0.15, 0.2) is 30.3 Å². The molecular weight excluding hydrogens is 364 g/mol. The van der Waals surface area contributed by atoms with E-state index in [1.807, 2.05) is 24.3 Å². The number of hydrogen-bond acceptors (Lipinski definition) is 7. The lowest BCUT2D eigenvalue weighted by molar-refractivity contribution is -0.152. The summed E-state index contributed by atoms with van der Waals surface area (Å²) in [6.07, 6.45) is -0.563. The van der Waals surface area contributed by atoms with Crippen LogP contribution in [-0.2, 0) is 16.0 Å². The Hall–Kier alpha value is -3.09. The Bertz CT molecular complexity index is 862. The molecule has 2 aromatic rings. The quantitative estimate of drug-likeness (QED) is 0.703. The second-order valence-electron chi connectivity index (χ2n) is 6.29. The van der Waals surface area contributed by atoms with Gasteiger partial charge in [-0.1, -0.05) is 12.1 Å². The van der Waals surface area contributed by atoms with Crippen LogP contribution in [0, 0.1) is 0 Å². The molecule has 150 valence electrons. The topological polar surface area (TPSA) is 72.5 Å². The summed E-state index contributed by atoms with van der Waals surface area (Å²) in [7, 11) is 6.27. The highest BCUT2D eigenvalue weighted by Crippen LogP contribution is 2.47. The zero-order valence-corrected chi connectivity index (χ0v) is 16.6. The lowest BCUT2D eigenvalue weighted by atomic mass is 9.93. The molecule has 0 N–H and O–H groups in total. The molecule has 0 saturated carbocycles. The average Bonchev–Trinajstić information content (AvgIpc) is 2.71. The fraction of sp³-hybridized carbons (Fsp3) is 0.381. The standard InChI is InChI=1S/C21H24O7/c1-12(22)27-18-11-14-7-9-16(24-3)21(26-5)20(14)28-19(18)13-6-8-15(23-2)17(10-13)25-4/h6-10,18-19H,11H2,1-5H3/t18-,19+/m0/s1. The van der Waals surface area contributed by atoms with E-state index in [2.05, 4.69) is 0 Å². The fourth-order valence-electron chi connectivity index (χ4n) is 3.39. The van der Waals surface area contributed by atoms with E-state index in [0.717, 1.165) is 11.1 Å². The van der Waals surface area contributed by atoms with Gasteiger partial charge in [-0.05, 0) is 18.2 Å². The van der Waals surface area contributed by atoms with E-state index in [1.54, 1.807) is 34.5 Å². The minimum absolute atomic E-state index is 0.372. The summed E-state index contributed by atoms with van der Waals surface area (Å²) in [4.78, 5) is 11.7. The summed E-state index contributed by atoms with van der Waals surface area (Å²) in [5.41, 5.74) is 1.67. The molecular formula is C21H24O7. The van der Waals surface area contributed by atoms with Crippen LogP contribution in [0.4, 0.5) is 0 Å². The Morgan fingerprint density at radius 1 is 0.929 bits per heavy atom. The molecule has 7 nitrogen and oxygen atoms in total. The molecule has 1 aliphatic rings. The monoisotopic (exact) mass is 388 g/mol. The Kier molecular flexibility index (Phi) is 5.82. The van der Waals surface area contributed by atoms with Gasteiger partial charge in [0.25, 0.3) is 0 Å². The minimum Gasteiger partial charge on any atom is -0.493 e. The zero-order chi connectivity index (χ0) is 20.3. The summed E-state index contributed by atoms with van der Waals surface area (Å²) in [5.74, 6) is 2.44. The van der Waals surface area contributed by atoms with Crippen LogP contribution in [0.2, 0.25) is 0 Å². The fourth-order valence-corrected chi connectivity index (χ4v) is 3.39. The molecule has 2 aromatic carbocycles.